The van der Waals surface area contributed by atoms with Gasteiger partial charge in [0, 0.05) is 32.8 Å². The highest BCUT2D eigenvalue weighted by Crippen LogP contribution is 2.23. The molecule has 6 heteroatoms. The lowest BCUT2D eigenvalue weighted by Crippen LogP contribution is -2.50. The maximum absolute atomic E-state index is 13.1. The molecule has 2 aliphatic heterocycles. The van der Waals surface area contributed by atoms with E-state index in [0.29, 0.717) is 32.6 Å². The molecule has 24 heavy (non-hydrogen) atoms. The van der Waals surface area contributed by atoms with Gasteiger partial charge in [0.25, 0.3) is 0 Å². The van der Waals surface area contributed by atoms with Crippen LogP contribution in [0.1, 0.15) is 30.9 Å². The van der Waals surface area contributed by atoms with Crippen LogP contribution in [0.5, 0.6) is 0 Å². The maximum atomic E-state index is 13.1. The van der Waals surface area contributed by atoms with Crippen molar-refractivity contribution in [3.05, 3.63) is 35.6 Å². The summed E-state index contributed by atoms with van der Waals surface area (Å²) in [6.45, 7) is 3.28. The first-order chi connectivity index (χ1) is 11.7. The van der Waals surface area contributed by atoms with Crippen LogP contribution < -0.4 is 0 Å². The van der Waals surface area contributed by atoms with Crippen LogP contribution >= 0.6 is 0 Å². The van der Waals surface area contributed by atoms with Gasteiger partial charge >= 0.3 is 0 Å². The van der Waals surface area contributed by atoms with E-state index in [2.05, 4.69) is 6.07 Å². The number of rotatable bonds is 4. The quantitative estimate of drug-likeness (QED) is 0.848. The highest BCUT2D eigenvalue weighted by molar-refractivity contribution is 5.76. The Labute approximate surface area is 141 Å². The lowest BCUT2D eigenvalue weighted by atomic mass is 10.1. The number of piperazine rings is 1. The van der Waals surface area contributed by atoms with Gasteiger partial charge in [0.2, 0.25) is 5.91 Å². The molecule has 0 N–H and O–H groups in total. The average molecular weight is 331 g/mol. The first-order valence-electron chi connectivity index (χ1n) is 8.46. The number of benzene rings is 1. The van der Waals surface area contributed by atoms with Crippen LogP contribution in [0, 0.1) is 17.1 Å². The zero-order valence-electron chi connectivity index (χ0n) is 13.7. The summed E-state index contributed by atoms with van der Waals surface area (Å²) in [5.74, 6) is -0.170. The van der Waals surface area contributed by atoms with Gasteiger partial charge in [0.15, 0.2) is 0 Å². The molecular formula is C18H22FN3O2. The number of carbonyl (C=O) groups is 1. The maximum Gasteiger partial charge on any atom is 0.225 e. The lowest BCUT2D eigenvalue weighted by Gasteiger charge is -2.37. The molecule has 128 valence electrons. The molecule has 2 heterocycles. The highest BCUT2D eigenvalue weighted by Gasteiger charge is 2.28. The van der Waals surface area contributed by atoms with Crippen molar-refractivity contribution in [2.75, 3.05) is 32.8 Å². The van der Waals surface area contributed by atoms with Gasteiger partial charge in [0.05, 0.1) is 18.6 Å². The lowest BCUT2D eigenvalue weighted by molar-refractivity contribution is -0.135. The molecule has 3 rings (SSSR count). The third kappa shape index (κ3) is 3.92. The Morgan fingerprint density at radius 3 is 2.58 bits per heavy atom. The summed E-state index contributed by atoms with van der Waals surface area (Å²) in [6.07, 6.45) is 2.53. The molecule has 0 aliphatic carbocycles. The standard InChI is InChI=1S/C18H22FN3O2/c19-15-5-3-14(4-6-15)17(13-20)21-7-9-22(10-8-21)18(23)12-16-2-1-11-24-16/h3-6,16-17H,1-2,7-12H2/t16-,17+/m1/s1. The van der Waals surface area contributed by atoms with E-state index in [1.807, 2.05) is 9.80 Å². The molecule has 0 spiro atoms. The van der Waals surface area contributed by atoms with Gasteiger partial charge in [-0.3, -0.25) is 9.69 Å². The molecule has 2 saturated heterocycles. The Morgan fingerprint density at radius 1 is 1.29 bits per heavy atom. The number of hydrogen-bond donors (Lipinski definition) is 0. The number of hydrogen-bond acceptors (Lipinski definition) is 4. The molecule has 1 amide bonds. The van der Waals surface area contributed by atoms with Gasteiger partial charge < -0.3 is 9.64 Å². The van der Waals surface area contributed by atoms with Crippen molar-refractivity contribution in [2.24, 2.45) is 0 Å². The van der Waals surface area contributed by atoms with Crippen LogP contribution in [0.3, 0.4) is 0 Å². The molecule has 2 aliphatic rings. The zero-order chi connectivity index (χ0) is 16.9. The number of nitriles is 1. The molecule has 0 aromatic heterocycles. The fraction of sp³-hybridized carbons (Fsp3) is 0.556. The van der Waals surface area contributed by atoms with Crippen molar-refractivity contribution in [2.45, 2.75) is 31.4 Å². The van der Waals surface area contributed by atoms with E-state index in [9.17, 15) is 14.4 Å². The Hall–Kier alpha value is -1.97. The number of carbonyl (C=O) groups excluding carboxylic acids is 1. The van der Waals surface area contributed by atoms with Crippen molar-refractivity contribution < 1.29 is 13.9 Å². The van der Waals surface area contributed by atoms with Crippen LogP contribution in [0.25, 0.3) is 0 Å². The summed E-state index contributed by atoms with van der Waals surface area (Å²) in [5.41, 5.74) is 0.790. The van der Waals surface area contributed by atoms with Crippen LogP contribution in [0.2, 0.25) is 0 Å². The molecule has 5 nitrogen and oxygen atoms in total. The Morgan fingerprint density at radius 2 is 2.00 bits per heavy atom. The van der Waals surface area contributed by atoms with Crippen molar-refractivity contribution >= 4 is 5.91 Å². The molecule has 1 aromatic rings. The largest absolute Gasteiger partial charge is 0.378 e. The summed E-state index contributed by atoms with van der Waals surface area (Å²) in [7, 11) is 0. The molecule has 1 aromatic carbocycles. The van der Waals surface area contributed by atoms with Gasteiger partial charge in [-0.2, -0.15) is 5.26 Å². The highest BCUT2D eigenvalue weighted by atomic mass is 19.1. The monoisotopic (exact) mass is 331 g/mol. The van der Waals surface area contributed by atoms with E-state index in [0.717, 1.165) is 25.0 Å². The summed E-state index contributed by atoms with van der Waals surface area (Å²) in [6, 6.07) is 7.94. The van der Waals surface area contributed by atoms with Crippen LogP contribution in [0.4, 0.5) is 4.39 Å². The minimum absolute atomic E-state index is 0.0709. The van der Waals surface area contributed by atoms with Gasteiger partial charge in [-0.25, -0.2) is 4.39 Å². The predicted octanol–water partition coefficient (Wildman–Crippen LogP) is 2.10. The Bertz CT molecular complexity index is 600. The fourth-order valence-electron chi connectivity index (χ4n) is 3.37. The van der Waals surface area contributed by atoms with E-state index in [1.165, 1.54) is 12.1 Å². The first kappa shape index (κ1) is 16.9. The molecule has 0 radical (unpaired) electrons. The van der Waals surface area contributed by atoms with Crippen LogP contribution in [0.15, 0.2) is 24.3 Å². The van der Waals surface area contributed by atoms with Crippen molar-refractivity contribution in [3.63, 3.8) is 0 Å². The summed E-state index contributed by atoms with van der Waals surface area (Å²) in [4.78, 5) is 16.2. The van der Waals surface area contributed by atoms with Crippen molar-refractivity contribution in [1.82, 2.24) is 9.80 Å². The second-order valence-electron chi connectivity index (χ2n) is 6.34. The van der Waals surface area contributed by atoms with Gasteiger partial charge in [-0.1, -0.05) is 12.1 Å². The normalized spacial score (nSPS) is 23.0. The fourth-order valence-corrected chi connectivity index (χ4v) is 3.37. The Kier molecular flexibility index (Phi) is 5.44. The third-order valence-electron chi connectivity index (χ3n) is 4.77. The molecule has 0 saturated carbocycles. The summed E-state index contributed by atoms with van der Waals surface area (Å²) >= 11 is 0. The van der Waals surface area contributed by atoms with Crippen LogP contribution in [-0.2, 0) is 9.53 Å². The minimum atomic E-state index is -0.402. The van der Waals surface area contributed by atoms with E-state index in [1.54, 1.807) is 12.1 Å². The molecule has 0 bridgehead atoms. The van der Waals surface area contributed by atoms with Gasteiger partial charge in [0.1, 0.15) is 11.9 Å². The zero-order valence-corrected chi connectivity index (χ0v) is 13.7. The molecular weight excluding hydrogens is 309 g/mol. The predicted molar refractivity (Wildman–Crippen MR) is 86.5 cm³/mol. The van der Waals surface area contributed by atoms with E-state index < -0.39 is 6.04 Å². The van der Waals surface area contributed by atoms with E-state index in [4.69, 9.17) is 4.74 Å². The number of amides is 1. The van der Waals surface area contributed by atoms with E-state index in [-0.39, 0.29) is 17.8 Å². The SMILES string of the molecule is N#C[C@@H](c1ccc(F)cc1)N1CCN(C(=O)C[C@H]2CCCO2)CC1. The van der Waals surface area contributed by atoms with Gasteiger partial charge in [-0.15, -0.1) is 0 Å². The summed E-state index contributed by atoms with van der Waals surface area (Å²) < 4.78 is 18.6. The van der Waals surface area contributed by atoms with Crippen LogP contribution in [-0.4, -0.2) is 54.6 Å². The number of halogens is 1. The summed E-state index contributed by atoms with van der Waals surface area (Å²) in [5, 5.41) is 9.48. The number of nitrogens with zero attached hydrogens (tertiary/aromatic N) is 3. The molecule has 0 unspecified atom stereocenters. The minimum Gasteiger partial charge on any atom is -0.378 e. The molecule has 2 fully saturated rings. The van der Waals surface area contributed by atoms with Crippen molar-refractivity contribution in [3.8, 4) is 6.07 Å². The van der Waals surface area contributed by atoms with Crippen molar-refractivity contribution in [1.29, 1.82) is 5.26 Å². The van der Waals surface area contributed by atoms with Gasteiger partial charge in [-0.05, 0) is 30.5 Å². The number of ether oxygens (including phenoxy) is 1. The second-order valence-corrected chi connectivity index (χ2v) is 6.34. The Balaban J connectivity index is 1.54. The smallest absolute Gasteiger partial charge is 0.225 e. The second kappa shape index (κ2) is 7.73. The average Bonchev–Trinajstić information content (AvgIpc) is 3.11. The third-order valence-corrected chi connectivity index (χ3v) is 4.77. The topological polar surface area (TPSA) is 56.6 Å². The molecule has 2 atom stereocenters. The van der Waals surface area contributed by atoms with E-state index >= 15 is 0 Å². The first-order valence-corrected chi connectivity index (χ1v) is 8.46.